The molecule has 0 bridgehead atoms. The Morgan fingerprint density at radius 2 is 1.10 bits per heavy atom. The zero-order chi connectivity index (χ0) is 21.8. The van der Waals surface area contributed by atoms with Crippen molar-refractivity contribution < 1.29 is 4.39 Å². The van der Waals surface area contributed by atoms with Gasteiger partial charge in [0.2, 0.25) is 0 Å². The van der Waals surface area contributed by atoms with Crippen LogP contribution in [-0.2, 0) is 0 Å². The Morgan fingerprint density at radius 3 is 1.48 bits per heavy atom. The van der Waals surface area contributed by atoms with Gasteiger partial charge in [-0.2, -0.15) is 0 Å². The number of benzene rings is 2. The van der Waals surface area contributed by atoms with E-state index in [2.05, 4.69) is 82.9 Å². The van der Waals surface area contributed by atoms with E-state index >= 15 is 0 Å². The number of halogens is 1. The SMILES string of the molecule is CC(C)c1ccc([18F])cc1.CC(C)c1ccccc1.Cc1cccc(C(C)C)n1. The molecule has 0 radical (unpaired) electrons. The largest absolute Gasteiger partial charge is 0.258 e. The molecule has 0 aliphatic heterocycles. The van der Waals surface area contributed by atoms with E-state index in [1.165, 1.54) is 29.0 Å². The van der Waals surface area contributed by atoms with Gasteiger partial charge >= 0.3 is 0 Å². The molecule has 0 amide bonds. The first-order valence-electron chi connectivity index (χ1n) is 10.4. The van der Waals surface area contributed by atoms with Crippen molar-refractivity contribution in [3.8, 4) is 0 Å². The summed E-state index contributed by atoms with van der Waals surface area (Å²) in [5, 5.41) is 0. The lowest BCUT2D eigenvalue weighted by atomic mass is 10.0. The standard InChI is InChI=1S/C9H11F.C9H13N.C9H12/c1-7(2)8-3-5-9(10)6-4-8;1-7(2)9-6-4-5-8(3)10-9;1-8(2)9-6-4-3-5-7-9/h3-7H,1-2H3;4-7H,1-3H3;3-8H,1-2H3/i10-1;;. The summed E-state index contributed by atoms with van der Waals surface area (Å²) in [6.45, 7) is 14.9. The Balaban J connectivity index is 0.000000218. The first-order chi connectivity index (χ1) is 13.7. The Morgan fingerprint density at radius 1 is 0.586 bits per heavy atom. The molecule has 0 saturated heterocycles. The highest BCUT2D eigenvalue weighted by Crippen LogP contribution is 2.14. The fourth-order valence-electron chi connectivity index (χ4n) is 2.57. The van der Waals surface area contributed by atoms with Crippen molar-refractivity contribution >= 4 is 0 Å². The monoisotopic (exact) mass is 392 g/mol. The van der Waals surface area contributed by atoms with Gasteiger partial charge in [-0.05, 0) is 60.1 Å². The van der Waals surface area contributed by atoms with Gasteiger partial charge in [-0.3, -0.25) is 4.98 Å². The van der Waals surface area contributed by atoms with E-state index in [-0.39, 0.29) is 5.82 Å². The van der Waals surface area contributed by atoms with Gasteiger partial charge in [0.1, 0.15) is 5.82 Å². The summed E-state index contributed by atoms with van der Waals surface area (Å²) in [7, 11) is 0. The smallest absolute Gasteiger partial charge is 0.123 e. The highest BCUT2D eigenvalue weighted by atomic mass is 18.2. The van der Waals surface area contributed by atoms with Crippen LogP contribution in [0.25, 0.3) is 0 Å². The maximum Gasteiger partial charge on any atom is 0.123 e. The number of aromatic nitrogens is 1. The van der Waals surface area contributed by atoms with Crippen molar-refractivity contribution in [1.29, 1.82) is 0 Å². The molecule has 0 atom stereocenters. The second-order valence-electron chi connectivity index (χ2n) is 8.13. The average molecular weight is 393 g/mol. The third kappa shape index (κ3) is 10.0. The zero-order valence-electron chi connectivity index (χ0n) is 19.0. The van der Waals surface area contributed by atoms with Crippen molar-refractivity contribution in [2.75, 3.05) is 0 Å². The van der Waals surface area contributed by atoms with E-state index in [1.807, 2.05) is 31.2 Å². The molecule has 1 aromatic heterocycles. The number of hydrogen-bond donors (Lipinski definition) is 0. The van der Waals surface area contributed by atoms with Crippen LogP contribution >= 0.6 is 0 Å². The second kappa shape index (κ2) is 12.9. The van der Waals surface area contributed by atoms with Crippen molar-refractivity contribution in [2.45, 2.75) is 66.2 Å². The summed E-state index contributed by atoms with van der Waals surface area (Å²) in [5.74, 6) is 1.52. The Hall–Kier alpha value is -2.48. The fourth-order valence-corrected chi connectivity index (χ4v) is 2.57. The predicted octanol–water partition coefficient (Wildman–Crippen LogP) is 8.27. The van der Waals surface area contributed by atoms with Crippen LogP contribution in [0.3, 0.4) is 0 Å². The lowest BCUT2D eigenvalue weighted by Gasteiger charge is -2.03. The van der Waals surface area contributed by atoms with Crippen LogP contribution in [0.15, 0.2) is 72.8 Å². The van der Waals surface area contributed by atoms with Crippen LogP contribution in [0.2, 0.25) is 0 Å². The molecule has 0 saturated carbocycles. The van der Waals surface area contributed by atoms with Gasteiger partial charge in [0.25, 0.3) is 0 Å². The van der Waals surface area contributed by atoms with E-state index in [0.29, 0.717) is 17.8 Å². The summed E-state index contributed by atoms with van der Waals surface area (Å²) in [5.41, 5.74) is 4.88. The van der Waals surface area contributed by atoms with Crippen LogP contribution < -0.4 is 0 Å². The summed E-state index contributed by atoms with van der Waals surface area (Å²) in [4.78, 5) is 4.37. The summed E-state index contributed by atoms with van der Waals surface area (Å²) in [6, 6.07) is 23.3. The van der Waals surface area contributed by atoms with E-state index in [9.17, 15) is 4.39 Å². The molecule has 0 spiro atoms. The lowest BCUT2D eigenvalue weighted by molar-refractivity contribution is 0.626. The van der Waals surface area contributed by atoms with Gasteiger partial charge in [-0.15, -0.1) is 0 Å². The van der Waals surface area contributed by atoms with Gasteiger partial charge in [0.05, 0.1) is 0 Å². The fraction of sp³-hybridized carbons (Fsp3) is 0.370. The first-order valence-corrected chi connectivity index (χ1v) is 10.4. The van der Waals surface area contributed by atoms with Gasteiger partial charge < -0.3 is 0 Å². The topological polar surface area (TPSA) is 12.9 Å². The van der Waals surface area contributed by atoms with E-state index < -0.39 is 0 Å². The Bertz CT molecular complexity index is 805. The van der Waals surface area contributed by atoms with E-state index in [4.69, 9.17) is 0 Å². The van der Waals surface area contributed by atoms with Crippen LogP contribution in [0.5, 0.6) is 0 Å². The molecule has 1 nitrogen and oxygen atoms in total. The minimum absolute atomic E-state index is 0.163. The minimum atomic E-state index is -0.163. The molecule has 29 heavy (non-hydrogen) atoms. The number of aryl methyl sites for hydroxylation is 1. The van der Waals surface area contributed by atoms with Crippen molar-refractivity contribution in [1.82, 2.24) is 4.98 Å². The molecular weight excluding hydrogens is 356 g/mol. The van der Waals surface area contributed by atoms with Crippen molar-refractivity contribution in [3.05, 3.63) is 101 Å². The highest BCUT2D eigenvalue weighted by molar-refractivity contribution is 5.19. The first kappa shape index (κ1) is 24.6. The van der Waals surface area contributed by atoms with E-state index in [0.717, 1.165) is 5.69 Å². The highest BCUT2D eigenvalue weighted by Gasteiger charge is 1.98. The molecule has 3 rings (SSSR count). The molecule has 156 valence electrons. The number of nitrogens with zero attached hydrogens (tertiary/aromatic N) is 1. The molecule has 2 heteroatoms. The average Bonchev–Trinajstić information content (AvgIpc) is 2.70. The summed E-state index contributed by atoms with van der Waals surface area (Å²) >= 11 is 0. The van der Waals surface area contributed by atoms with Crippen LogP contribution in [-0.4, -0.2) is 4.98 Å². The van der Waals surface area contributed by atoms with Crippen molar-refractivity contribution in [2.24, 2.45) is 0 Å². The van der Waals surface area contributed by atoms with Gasteiger partial charge in [-0.25, -0.2) is 4.39 Å². The summed E-state index contributed by atoms with van der Waals surface area (Å²) < 4.78 is 12.4. The second-order valence-corrected chi connectivity index (χ2v) is 8.13. The molecule has 3 aromatic rings. The van der Waals surface area contributed by atoms with Gasteiger partial charge in [0, 0.05) is 11.4 Å². The molecule has 0 N–H and O–H groups in total. The molecular formula is C27H36FN. The Labute approximate surface area is 177 Å². The van der Waals surface area contributed by atoms with Gasteiger partial charge in [0.15, 0.2) is 0 Å². The van der Waals surface area contributed by atoms with Crippen molar-refractivity contribution in [3.63, 3.8) is 0 Å². The Kier molecular flexibility index (Phi) is 10.9. The van der Waals surface area contributed by atoms with Gasteiger partial charge in [-0.1, -0.05) is 90.1 Å². The molecule has 2 aromatic carbocycles. The minimum Gasteiger partial charge on any atom is -0.258 e. The van der Waals surface area contributed by atoms with Crippen LogP contribution in [0, 0.1) is 12.7 Å². The molecule has 0 unspecified atom stereocenters. The zero-order valence-corrected chi connectivity index (χ0v) is 19.0. The molecule has 1 heterocycles. The number of rotatable bonds is 3. The number of pyridine rings is 1. The van der Waals surface area contributed by atoms with E-state index in [1.54, 1.807) is 0 Å². The quantitative estimate of drug-likeness (QED) is 0.437. The molecule has 0 fully saturated rings. The molecule has 0 aliphatic rings. The third-order valence-electron chi connectivity index (χ3n) is 4.50. The predicted molar refractivity (Wildman–Crippen MR) is 124 cm³/mol. The van der Waals surface area contributed by atoms with Crippen LogP contribution in [0.4, 0.5) is 4.39 Å². The maximum atomic E-state index is 12.4. The summed E-state index contributed by atoms with van der Waals surface area (Å²) in [6.07, 6.45) is 0. The third-order valence-corrected chi connectivity index (χ3v) is 4.50. The van der Waals surface area contributed by atoms with Crippen LogP contribution in [0.1, 0.15) is 81.8 Å². The normalized spacial score (nSPS) is 10.3. The molecule has 0 aliphatic carbocycles. The lowest BCUT2D eigenvalue weighted by Crippen LogP contribution is -1.92. The maximum absolute atomic E-state index is 12.4. The number of hydrogen-bond acceptors (Lipinski definition) is 1.